The van der Waals surface area contributed by atoms with E-state index in [2.05, 4.69) is 6.92 Å². The first-order valence-corrected chi connectivity index (χ1v) is 4.58. The van der Waals surface area contributed by atoms with Crippen LogP contribution in [-0.2, 0) is 4.74 Å². The second-order valence-corrected chi connectivity index (χ2v) is 3.86. The molecule has 1 N–H and O–H groups in total. The van der Waals surface area contributed by atoms with Crippen molar-refractivity contribution in [2.75, 3.05) is 6.61 Å². The molecule has 64 valence electrons. The first kappa shape index (κ1) is 7.56. The van der Waals surface area contributed by atoms with E-state index in [-0.39, 0.29) is 12.2 Å². The lowest BCUT2D eigenvalue weighted by Gasteiger charge is -2.20. The van der Waals surface area contributed by atoms with Crippen molar-refractivity contribution in [1.82, 2.24) is 0 Å². The molecular weight excluding hydrogens is 140 g/mol. The van der Waals surface area contributed by atoms with Gasteiger partial charge in [0.2, 0.25) is 0 Å². The Labute approximate surface area is 67.6 Å². The molecule has 1 aliphatic carbocycles. The number of hydrogen-bond donors (Lipinski definition) is 1. The summed E-state index contributed by atoms with van der Waals surface area (Å²) in [6.45, 7) is 2.92. The van der Waals surface area contributed by atoms with Crippen LogP contribution >= 0.6 is 0 Å². The van der Waals surface area contributed by atoms with E-state index < -0.39 is 0 Å². The first-order valence-electron chi connectivity index (χ1n) is 4.58. The van der Waals surface area contributed by atoms with Gasteiger partial charge in [-0.2, -0.15) is 0 Å². The molecule has 0 aromatic carbocycles. The van der Waals surface area contributed by atoms with Crippen LogP contribution in [-0.4, -0.2) is 23.9 Å². The van der Waals surface area contributed by atoms with E-state index in [1.165, 1.54) is 12.8 Å². The molecule has 1 saturated heterocycles. The van der Waals surface area contributed by atoms with E-state index in [0.29, 0.717) is 11.8 Å². The summed E-state index contributed by atoms with van der Waals surface area (Å²) < 4.78 is 5.40. The molecule has 2 heteroatoms. The molecule has 1 saturated carbocycles. The largest absolute Gasteiger partial charge is 0.392 e. The third-order valence-corrected chi connectivity index (χ3v) is 2.98. The molecule has 2 aliphatic rings. The van der Waals surface area contributed by atoms with Gasteiger partial charge in [0.05, 0.1) is 12.2 Å². The van der Waals surface area contributed by atoms with Crippen molar-refractivity contribution >= 4 is 0 Å². The maximum atomic E-state index is 9.78. The molecule has 11 heavy (non-hydrogen) atoms. The van der Waals surface area contributed by atoms with E-state index in [1.807, 2.05) is 0 Å². The molecule has 0 amide bonds. The van der Waals surface area contributed by atoms with Gasteiger partial charge in [-0.05, 0) is 32.1 Å². The molecule has 3 unspecified atom stereocenters. The van der Waals surface area contributed by atoms with Crippen LogP contribution < -0.4 is 0 Å². The summed E-state index contributed by atoms with van der Waals surface area (Å²) in [5, 5.41) is 9.78. The van der Waals surface area contributed by atoms with Crippen LogP contribution in [0.15, 0.2) is 0 Å². The van der Waals surface area contributed by atoms with Crippen molar-refractivity contribution in [3.63, 3.8) is 0 Å². The Hall–Kier alpha value is -0.0800. The predicted molar refractivity (Wildman–Crippen MR) is 42.3 cm³/mol. The molecule has 0 aromatic rings. The van der Waals surface area contributed by atoms with E-state index in [0.717, 1.165) is 13.0 Å². The number of hydrogen-bond acceptors (Lipinski definition) is 2. The predicted octanol–water partition coefficient (Wildman–Crippen LogP) is 1.18. The average molecular weight is 156 g/mol. The lowest BCUT2D eigenvalue weighted by atomic mass is 9.93. The topological polar surface area (TPSA) is 29.5 Å². The minimum Gasteiger partial charge on any atom is -0.392 e. The number of aliphatic hydroxyl groups excluding tert-OH is 1. The van der Waals surface area contributed by atoms with E-state index in [9.17, 15) is 5.11 Å². The van der Waals surface area contributed by atoms with E-state index in [4.69, 9.17) is 4.74 Å². The Bertz CT molecular complexity index is 142. The van der Waals surface area contributed by atoms with E-state index >= 15 is 0 Å². The molecule has 1 heterocycles. The third kappa shape index (κ3) is 1.42. The van der Waals surface area contributed by atoms with Gasteiger partial charge in [-0.1, -0.05) is 0 Å². The van der Waals surface area contributed by atoms with Crippen LogP contribution in [0.3, 0.4) is 0 Å². The number of aliphatic hydroxyl groups is 1. The van der Waals surface area contributed by atoms with Gasteiger partial charge in [0.1, 0.15) is 0 Å². The van der Waals surface area contributed by atoms with Gasteiger partial charge in [0, 0.05) is 12.5 Å². The van der Waals surface area contributed by atoms with Gasteiger partial charge in [-0.15, -0.1) is 0 Å². The molecule has 2 nitrogen and oxygen atoms in total. The summed E-state index contributed by atoms with van der Waals surface area (Å²) in [5.74, 6) is 1.02. The Morgan fingerprint density at radius 2 is 2.09 bits per heavy atom. The molecular formula is C9H16O2. The van der Waals surface area contributed by atoms with Gasteiger partial charge < -0.3 is 9.84 Å². The fourth-order valence-corrected chi connectivity index (χ4v) is 1.98. The zero-order valence-electron chi connectivity index (χ0n) is 6.99. The van der Waals surface area contributed by atoms with Gasteiger partial charge >= 0.3 is 0 Å². The third-order valence-electron chi connectivity index (χ3n) is 2.98. The smallest absolute Gasteiger partial charge is 0.0622 e. The highest BCUT2D eigenvalue weighted by Gasteiger charge is 2.39. The maximum Gasteiger partial charge on any atom is 0.0622 e. The van der Waals surface area contributed by atoms with Crippen LogP contribution in [0.5, 0.6) is 0 Å². The fourth-order valence-electron chi connectivity index (χ4n) is 1.98. The second kappa shape index (κ2) is 2.76. The maximum absolute atomic E-state index is 9.78. The Balaban J connectivity index is 1.91. The molecule has 3 atom stereocenters. The van der Waals surface area contributed by atoms with Crippen molar-refractivity contribution in [2.24, 2.45) is 11.8 Å². The Morgan fingerprint density at radius 1 is 1.36 bits per heavy atom. The van der Waals surface area contributed by atoms with Crippen molar-refractivity contribution in [3.8, 4) is 0 Å². The van der Waals surface area contributed by atoms with Gasteiger partial charge in [-0.25, -0.2) is 0 Å². The zero-order valence-corrected chi connectivity index (χ0v) is 6.99. The van der Waals surface area contributed by atoms with Gasteiger partial charge in [0.25, 0.3) is 0 Å². The first-order chi connectivity index (χ1) is 5.29. The summed E-state index contributed by atoms with van der Waals surface area (Å²) in [7, 11) is 0. The lowest BCUT2D eigenvalue weighted by Crippen LogP contribution is -2.27. The Kier molecular flexibility index (Phi) is 1.90. The zero-order chi connectivity index (χ0) is 7.84. The van der Waals surface area contributed by atoms with Gasteiger partial charge in [-0.3, -0.25) is 0 Å². The highest BCUT2D eigenvalue weighted by Crippen LogP contribution is 2.39. The Morgan fingerprint density at radius 3 is 2.55 bits per heavy atom. The van der Waals surface area contributed by atoms with E-state index in [1.54, 1.807) is 0 Å². The minimum absolute atomic E-state index is 0.0764. The highest BCUT2D eigenvalue weighted by atomic mass is 16.5. The monoisotopic (exact) mass is 156 g/mol. The highest BCUT2D eigenvalue weighted by molar-refractivity contribution is 4.89. The second-order valence-electron chi connectivity index (χ2n) is 3.86. The normalized spacial score (nSPS) is 40.9. The summed E-state index contributed by atoms with van der Waals surface area (Å²) in [4.78, 5) is 0. The SMILES string of the molecule is CC1OCCC1C(O)C1CC1. The molecule has 2 rings (SSSR count). The van der Waals surface area contributed by atoms with Crippen LogP contribution in [0.2, 0.25) is 0 Å². The average Bonchev–Trinajstić information content (AvgIpc) is 2.74. The molecule has 0 aromatic heterocycles. The summed E-state index contributed by atoms with van der Waals surface area (Å²) in [5.41, 5.74) is 0. The molecule has 0 bridgehead atoms. The fraction of sp³-hybridized carbons (Fsp3) is 1.00. The minimum atomic E-state index is -0.0764. The van der Waals surface area contributed by atoms with Gasteiger partial charge in [0.15, 0.2) is 0 Å². The molecule has 0 spiro atoms. The standard InChI is InChI=1S/C9H16O2/c1-6-8(4-5-11-6)9(10)7-2-3-7/h6-10H,2-5H2,1H3. The van der Waals surface area contributed by atoms with Crippen molar-refractivity contribution in [1.29, 1.82) is 0 Å². The quantitative estimate of drug-likeness (QED) is 0.650. The molecule has 2 fully saturated rings. The van der Waals surface area contributed by atoms with Crippen molar-refractivity contribution < 1.29 is 9.84 Å². The van der Waals surface area contributed by atoms with Crippen LogP contribution in [0.4, 0.5) is 0 Å². The van der Waals surface area contributed by atoms with Crippen LogP contribution in [0.1, 0.15) is 26.2 Å². The molecule has 0 radical (unpaired) electrons. The van der Waals surface area contributed by atoms with Crippen LogP contribution in [0, 0.1) is 11.8 Å². The van der Waals surface area contributed by atoms with Crippen molar-refractivity contribution in [2.45, 2.75) is 38.4 Å². The lowest BCUT2D eigenvalue weighted by molar-refractivity contribution is 0.0326. The number of ether oxygens (including phenoxy) is 1. The number of rotatable bonds is 2. The summed E-state index contributed by atoms with van der Waals surface area (Å²) >= 11 is 0. The van der Waals surface area contributed by atoms with Crippen LogP contribution in [0.25, 0.3) is 0 Å². The van der Waals surface area contributed by atoms with Crippen molar-refractivity contribution in [3.05, 3.63) is 0 Å². The summed E-state index contributed by atoms with van der Waals surface area (Å²) in [6, 6.07) is 0. The molecule has 1 aliphatic heterocycles. The summed E-state index contributed by atoms with van der Waals surface area (Å²) in [6.07, 6.45) is 3.71.